The van der Waals surface area contributed by atoms with Crippen molar-refractivity contribution >= 4 is 18.0 Å². The van der Waals surface area contributed by atoms with E-state index in [4.69, 9.17) is 9.15 Å². The van der Waals surface area contributed by atoms with Crippen molar-refractivity contribution in [3.05, 3.63) is 42.4 Å². The van der Waals surface area contributed by atoms with Gasteiger partial charge >= 0.3 is 11.9 Å². The molecule has 0 radical (unpaired) electrons. The average molecular weight is 236 g/mol. The first-order valence-electron chi connectivity index (χ1n) is 4.85. The SMILES string of the molecule is COC(=O)/C=C/C(=O)OC/C=C/c1ccco1. The average Bonchev–Trinajstić information content (AvgIpc) is 2.84. The number of carbonyl (C=O) groups is 2. The minimum absolute atomic E-state index is 0.102. The maximum Gasteiger partial charge on any atom is 0.331 e. The van der Waals surface area contributed by atoms with E-state index >= 15 is 0 Å². The summed E-state index contributed by atoms with van der Waals surface area (Å²) in [6.45, 7) is 0.102. The van der Waals surface area contributed by atoms with Crippen molar-refractivity contribution in [3.63, 3.8) is 0 Å². The van der Waals surface area contributed by atoms with E-state index in [9.17, 15) is 9.59 Å². The Labute approximate surface area is 98.3 Å². The van der Waals surface area contributed by atoms with E-state index in [0.717, 1.165) is 12.2 Å². The molecule has 0 aliphatic heterocycles. The lowest BCUT2D eigenvalue weighted by atomic mass is 10.4. The standard InChI is InChI=1S/C12H12O5/c1-15-11(13)6-7-12(14)17-9-3-5-10-4-2-8-16-10/h2-8H,9H2,1H3/b5-3+,7-6+. The first-order valence-corrected chi connectivity index (χ1v) is 4.85. The summed E-state index contributed by atoms with van der Waals surface area (Å²) >= 11 is 0. The Bertz CT molecular complexity index is 414. The Kier molecular flexibility index (Phi) is 5.30. The quantitative estimate of drug-likeness (QED) is 0.573. The van der Waals surface area contributed by atoms with Crippen molar-refractivity contribution in [2.24, 2.45) is 0 Å². The fourth-order valence-corrected chi connectivity index (χ4v) is 0.933. The van der Waals surface area contributed by atoms with Crippen LogP contribution in [0.2, 0.25) is 0 Å². The van der Waals surface area contributed by atoms with E-state index in [1.807, 2.05) is 0 Å². The molecule has 0 atom stereocenters. The minimum Gasteiger partial charge on any atom is -0.466 e. The van der Waals surface area contributed by atoms with Crippen LogP contribution >= 0.6 is 0 Å². The third kappa shape index (κ3) is 5.36. The number of ether oxygens (including phenoxy) is 2. The van der Waals surface area contributed by atoms with Crippen LogP contribution in [-0.2, 0) is 19.1 Å². The third-order valence-electron chi connectivity index (χ3n) is 1.70. The molecule has 90 valence electrons. The smallest absolute Gasteiger partial charge is 0.331 e. The molecule has 0 aliphatic rings. The molecule has 0 fully saturated rings. The van der Waals surface area contributed by atoms with Crippen LogP contribution in [0.3, 0.4) is 0 Å². The van der Waals surface area contributed by atoms with E-state index in [1.54, 1.807) is 30.5 Å². The van der Waals surface area contributed by atoms with Crippen LogP contribution < -0.4 is 0 Å². The van der Waals surface area contributed by atoms with Crippen molar-refractivity contribution in [1.82, 2.24) is 0 Å². The van der Waals surface area contributed by atoms with Crippen molar-refractivity contribution in [2.45, 2.75) is 0 Å². The molecule has 1 aromatic rings. The Balaban J connectivity index is 2.25. The van der Waals surface area contributed by atoms with E-state index in [0.29, 0.717) is 5.76 Å². The largest absolute Gasteiger partial charge is 0.466 e. The summed E-state index contributed by atoms with van der Waals surface area (Å²) < 4.78 is 14.1. The highest BCUT2D eigenvalue weighted by atomic mass is 16.5. The molecule has 0 spiro atoms. The molecule has 17 heavy (non-hydrogen) atoms. The first kappa shape index (κ1) is 12.8. The monoisotopic (exact) mass is 236 g/mol. The summed E-state index contributed by atoms with van der Waals surface area (Å²) in [5.74, 6) is -0.543. The van der Waals surface area contributed by atoms with Crippen LogP contribution in [0.4, 0.5) is 0 Å². The Morgan fingerprint density at radius 1 is 1.35 bits per heavy atom. The molecule has 5 heteroatoms. The molecule has 0 saturated carbocycles. The van der Waals surface area contributed by atoms with Crippen LogP contribution in [0.15, 0.2) is 41.0 Å². The van der Waals surface area contributed by atoms with Gasteiger partial charge in [0.15, 0.2) is 0 Å². The second-order valence-electron chi connectivity index (χ2n) is 2.90. The highest BCUT2D eigenvalue weighted by Gasteiger charge is 1.97. The van der Waals surface area contributed by atoms with Crippen LogP contribution in [0.25, 0.3) is 6.08 Å². The van der Waals surface area contributed by atoms with Gasteiger partial charge in [-0.2, -0.15) is 0 Å². The van der Waals surface area contributed by atoms with Crippen molar-refractivity contribution in [1.29, 1.82) is 0 Å². The van der Waals surface area contributed by atoms with E-state index in [1.165, 1.54) is 7.11 Å². The molecule has 0 aliphatic carbocycles. The number of hydrogen-bond donors (Lipinski definition) is 0. The lowest BCUT2D eigenvalue weighted by molar-refractivity contribution is -0.138. The predicted molar refractivity (Wildman–Crippen MR) is 59.9 cm³/mol. The van der Waals surface area contributed by atoms with Crippen molar-refractivity contribution in [2.75, 3.05) is 13.7 Å². The zero-order chi connectivity index (χ0) is 12.5. The molecule has 0 bridgehead atoms. The number of carbonyl (C=O) groups excluding carboxylic acids is 2. The predicted octanol–water partition coefficient (Wildman–Crippen LogP) is 1.57. The lowest BCUT2D eigenvalue weighted by Crippen LogP contribution is -2.02. The number of rotatable bonds is 5. The van der Waals surface area contributed by atoms with Gasteiger partial charge in [0.05, 0.1) is 13.4 Å². The molecule has 0 amide bonds. The molecular weight excluding hydrogens is 224 g/mol. The molecular formula is C12H12O5. The fourth-order valence-electron chi connectivity index (χ4n) is 0.933. The summed E-state index contributed by atoms with van der Waals surface area (Å²) in [6.07, 6.45) is 6.86. The van der Waals surface area contributed by atoms with Crippen LogP contribution in [0.1, 0.15) is 5.76 Å². The molecule has 1 aromatic heterocycles. The van der Waals surface area contributed by atoms with Gasteiger partial charge in [-0.25, -0.2) is 9.59 Å². The van der Waals surface area contributed by atoms with Crippen molar-refractivity contribution < 1.29 is 23.5 Å². The molecule has 0 saturated heterocycles. The Hall–Kier alpha value is -2.30. The second kappa shape index (κ2) is 7.05. The second-order valence-corrected chi connectivity index (χ2v) is 2.90. The van der Waals surface area contributed by atoms with Gasteiger partial charge in [-0.1, -0.05) is 0 Å². The number of furan rings is 1. The topological polar surface area (TPSA) is 65.7 Å². The zero-order valence-electron chi connectivity index (χ0n) is 9.29. The molecule has 5 nitrogen and oxygen atoms in total. The number of hydrogen-bond acceptors (Lipinski definition) is 5. The molecule has 0 unspecified atom stereocenters. The van der Waals surface area contributed by atoms with Crippen molar-refractivity contribution in [3.8, 4) is 0 Å². The molecule has 0 N–H and O–H groups in total. The molecule has 1 heterocycles. The maximum atomic E-state index is 11.1. The minimum atomic E-state index is -0.612. The number of esters is 2. The van der Waals surface area contributed by atoms with E-state index in [-0.39, 0.29) is 6.61 Å². The first-order chi connectivity index (χ1) is 8.22. The Morgan fingerprint density at radius 2 is 2.12 bits per heavy atom. The number of methoxy groups -OCH3 is 1. The summed E-state index contributed by atoms with van der Waals surface area (Å²) in [5.41, 5.74) is 0. The summed E-state index contributed by atoms with van der Waals surface area (Å²) in [7, 11) is 1.23. The summed E-state index contributed by atoms with van der Waals surface area (Å²) in [4.78, 5) is 21.7. The molecule has 1 rings (SSSR count). The third-order valence-corrected chi connectivity index (χ3v) is 1.70. The fraction of sp³-hybridized carbons (Fsp3) is 0.167. The van der Waals surface area contributed by atoms with Gasteiger partial charge in [-0.05, 0) is 24.3 Å². The highest BCUT2D eigenvalue weighted by molar-refractivity contribution is 5.91. The van der Waals surface area contributed by atoms with Gasteiger partial charge in [0, 0.05) is 12.2 Å². The highest BCUT2D eigenvalue weighted by Crippen LogP contribution is 2.01. The zero-order valence-corrected chi connectivity index (χ0v) is 9.29. The molecule has 0 aromatic carbocycles. The maximum absolute atomic E-state index is 11.1. The Morgan fingerprint density at radius 3 is 2.76 bits per heavy atom. The van der Waals surface area contributed by atoms with Gasteiger partial charge in [-0.3, -0.25) is 0 Å². The van der Waals surface area contributed by atoms with Gasteiger partial charge < -0.3 is 13.9 Å². The summed E-state index contributed by atoms with van der Waals surface area (Å²) in [5, 5.41) is 0. The van der Waals surface area contributed by atoms with Gasteiger partial charge in [0.25, 0.3) is 0 Å². The lowest BCUT2D eigenvalue weighted by Gasteiger charge is -1.95. The summed E-state index contributed by atoms with van der Waals surface area (Å²) in [6, 6.07) is 3.53. The van der Waals surface area contributed by atoms with Gasteiger partial charge in [-0.15, -0.1) is 0 Å². The van der Waals surface area contributed by atoms with E-state index in [2.05, 4.69) is 4.74 Å². The van der Waals surface area contributed by atoms with Crippen LogP contribution in [0, 0.1) is 0 Å². The van der Waals surface area contributed by atoms with E-state index < -0.39 is 11.9 Å². The van der Waals surface area contributed by atoms with Crippen LogP contribution in [-0.4, -0.2) is 25.7 Å². The normalized spacial score (nSPS) is 10.9. The van der Waals surface area contributed by atoms with Crippen LogP contribution in [0.5, 0.6) is 0 Å². The van der Waals surface area contributed by atoms with Gasteiger partial charge in [0.2, 0.25) is 0 Å². The van der Waals surface area contributed by atoms with Gasteiger partial charge in [0.1, 0.15) is 12.4 Å².